The highest BCUT2D eigenvalue weighted by Crippen LogP contribution is 2.38. The maximum absolute atomic E-state index is 12.2. The van der Waals surface area contributed by atoms with Crippen LogP contribution in [-0.4, -0.2) is 84.2 Å². The van der Waals surface area contributed by atoms with Crippen LogP contribution >= 0.6 is 0 Å². The van der Waals surface area contributed by atoms with Crippen LogP contribution in [0.5, 0.6) is 5.75 Å². The minimum absolute atomic E-state index is 0.299. The molecule has 2 aromatic carbocycles. The summed E-state index contributed by atoms with van der Waals surface area (Å²) in [5.74, 6) is 0.716. The molecular weight excluding hydrogens is 562 g/mol. The highest BCUT2D eigenvalue weighted by atomic mass is 32.3. The SMILES string of the molecule is C=CC(=O)Nc1cc(Nc2nccc(-c3cn(C)c4ccccc34)n2)c(OC)cc1N(C)CCN(C)C.O=S(=O)(O)O. The summed E-state index contributed by atoms with van der Waals surface area (Å²) in [5, 5.41) is 7.31. The van der Waals surface area contributed by atoms with E-state index in [0.29, 0.717) is 23.1 Å². The average Bonchev–Trinajstić information content (AvgIpc) is 3.27. The van der Waals surface area contributed by atoms with Gasteiger partial charge in [0.1, 0.15) is 5.75 Å². The van der Waals surface area contributed by atoms with E-state index in [0.717, 1.165) is 40.9 Å². The molecule has 0 bridgehead atoms. The number of hydrogen-bond acceptors (Lipinski definition) is 9. The number of benzene rings is 2. The van der Waals surface area contributed by atoms with Gasteiger partial charge in [0.2, 0.25) is 11.9 Å². The van der Waals surface area contributed by atoms with Gasteiger partial charge < -0.3 is 29.7 Å². The van der Waals surface area contributed by atoms with Gasteiger partial charge in [0.25, 0.3) is 0 Å². The molecule has 224 valence electrons. The molecule has 1 amide bonds. The third-order valence-electron chi connectivity index (χ3n) is 6.13. The summed E-state index contributed by atoms with van der Waals surface area (Å²) in [6.45, 7) is 5.19. The number of rotatable bonds is 10. The molecule has 0 atom stereocenters. The van der Waals surface area contributed by atoms with Crippen molar-refractivity contribution >= 4 is 50.2 Å². The molecule has 0 saturated carbocycles. The molecule has 0 radical (unpaired) electrons. The van der Waals surface area contributed by atoms with Crippen LogP contribution in [0.3, 0.4) is 0 Å². The Labute approximate surface area is 245 Å². The number of anilines is 4. The third kappa shape index (κ3) is 8.75. The lowest BCUT2D eigenvalue weighted by Crippen LogP contribution is -2.29. The summed E-state index contributed by atoms with van der Waals surface area (Å²) in [6, 6.07) is 13.8. The van der Waals surface area contributed by atoms with E-state index in [9.17, 15) is 4.79 Å². The van der Waals surface area contributed by atoms with Gasteiger partial charge in [0.05, 0.1) is 29.9 Å². The van der Waals surface area contributed by atoms with Crippen LogP contribution < -0.4 is 20.3 Å². The Morgan fingerprint density at radius 3 is 2.45 bits per heavy atom. The van der Waals surface area contributed by atoms with Crippen molar-refractivity contribution in [1.29, 1.82) is 0 Å². The van der Waals surface area contributed by atoms with Crippen LogP contribution in [0, 0.1) is 0 Å². The molecule has 0 fully saturated rings. The number of methoxy groups -OCH3 is 1. The van der Waals surface area contributed by atoms with E-state index in [1.807, 2.05) is 58.5 Å². The van der Waals surface area contributed by atoms with Crippen molar-refractivity contribution in [2.24, 2.45) is 7.05 Å². The number of fused-ring (bicyclic) bond motifs is 1. The highest BCUT2D eigenvalue weighted by Gasteiger charge is 2.17. The Hall–Kier alpha value is -4.50. The Balaban J connectivity index is 0.000000892. The van der Waals surface area contributed by atoms with Gasteiger partial charge >= 0.3 is 10.4 Å². The van der Waals surface area contributed by atoms with Crippen molar-refractivity contribution < 1.29 is 27.1 Å². The number of nitrogens with zero attached hydrogens (tertiary/aromatic N) is 5. The van der Waals surface area contributed by atoms with Crippen molar-refractivity contribution in [3.63, 3.8) is 0 Å². The molecule has 0 unspecified atom stereocenters. The number of amides is 1. The van der Waals surface area contributed by atoms with Crippen LogP contribution in [0.25, 0.3) is 22.2 Å². The van der Waals surface area contributed by atoms with Gasteiger partial charge in [-0.25, -0.2) is 9.97 Å². The molecule has 0 aliphatic carbocycles. The lowest BCUT2D eigenvalue weighted by Gasteiger charge is -2.26. The van der Waals surface area contributed by atoms with Gasteiger partial charge in [-0.05, 0) is 38.4 Å². The fraction of sp³-hybridized carbons (Fsp3) is 0.250. The predicted molar refractivity (Wildman–Crippen MR) is 165 cm³/mol. The first-order chi connectivity index (χ1) is 19.8. The molecular formula is C28H35N7O6S. The second-order valence-corrected chi connectivity index (χ2v) is 10.4. The molecule has 0 aliphatic rings. The van der Waals surface area contributed by atoms with E-state index >= 15 is 0 Å². The number of aryl methyl sites for hydroxylation is 1. The molecule has 4 aromatic rings. The monoisotopic (exact) mass is 597 g/mol. The second-order valence-electron chi connectivity index (χ2n) is 9.50. The van der Waals surface area contributed by atoms with Gasteiger partial charge in [0, 0.05) is 62.1 Å². The first-order valence-electron chi connectivity index (χ1n) is 12.7. The smallest absolute Gasteiger partial charge is 0.394 e. The van der Waals surface area contributed by atoms with Crippen molar-refractivity contribution in [1.82, 2.24) is 19.4 Å². The number of carbonyl (C=O) groups excluding carboxylic acids is 1. The summed E-state index contributed by atoms with van der Waals surface area (Å²) < 4.78 is 39.4. The molecule has 14 heteroatoms. The number of ether oxygens (including phenoxy) is 1. The highest BCUT2D eigenvalue weighted by molar-refractivity contribution is 7.79. The zero-order valence-electron chi connectivity index (χ0n) is 24.1. The zero-order chi connectivity index (χ0) is 31.0. The summed E-state index contributed by atoms with van der Waals surface area (Å²) in [5.41, 5.74) is 5.02. The molecule has 13 nitrogen and oxygen atoms in total. The number of nitrogens with one attached hydrogen (secondary N) is 2. The fourth-order valence-corrected chi connectivity index (χ4v) is 4.14. The predicted octanol–water partition coefficient (Wildman–Crippen LogP) is 3.86. The maximum Gasteiger partial charge on any atom is 0.394 e. The molecule has 0 spiro atoms. The normalized spacial score (nSPS) is 11.0. The lowest BCUT2D eigenvalue weighted by molar-refractivity contribution is -0.111. The third-order valence-corrected chi connectivity index (χ3v) is 6.13. The molecule has 2 aromatic heterocycles. The quantitative estimate of drug-likeness (QED) is 0.155. The second kappa shape index (κ2) is 13.9. The maximum atomic E-state index is 12.2. The summed E-state index contributed by atoms with van der Waals surface area (Å²) in [6.07, 6.45) is 5.04. The van der Waals surface area contributed by atoms with Gasteiger partial charge in [0.15, 0.2) is 0 Å². The van der Waals surface area contributed by atoms with Crippen molar-refractivity contribution in [2.45, 2.75) is 0 Å². The lowest BCUT2D eigenvalue weighted by atomic mass is 10.1. The largest absolute Gasteiger partial charge is 0.494 e. The molecule has 2 heterocycles. The molecule has 42 heavy (non-hydrogen) atoms. The van der Waals surface area contributed by atoms with Gasteiger partial charge in [-0.2, -0.15) is 8.42 Å². The van der Waals surface area contributed by atoms with Crippen LogP contribution in [0.4, 0.5) is 23.0 Å². The van der Waals surface area contributed by atoms with Crippen molar-refractivity contribution in [3.05, 3.63) is 67.5 Å². The van der Waals surface area contributed by atoms with Gasteiger partial charge in [-0.15, -0.1) is 0 Å². The number of aromatic nitrogens is 3. The molecule has 4 rings (SSSR count). The first kappa shape index (κ1) is 32.0. The first-order valence-corrected chi connectivity index (χ1v) is 14.1. The molecule has 0 saturated heterocycles. The average molecular weight is 598 g/mol. The topological polar surface area (TPSA) is 162 Å². The van der Waals surface area contributed by atoms with E-state index in [-0.39, 0.29) is 5.91 Å². The number of carbonyl (C=O) groups is 1. The van der Waals surface area contributed by atoms with Crippen molar-refractivity contribution in [2.75, 3.05) is 56.9 Å². The van der Waals surface area contributed by atoms with E-state index in [4.69, 9.17) is 27.2 Å². The summed E-state index contributed by atoms with van der Waals surface area (Å²) in [4.78, 5) is 25.6. The Kier molecular flexibility index (Phi) is 10.6. The fourth-order valence-electron chi connectivity index (χ4n) is 4.14. The van der Waals surface area contributed by atoms with Crippen molar-refractivity contribution in [3.8, 4) is 17.0 Å². The van der Waals surface area contributed by atoms with Crippen LogP contribution in [0.15, 0.2) is 67.5 Å². The van der Waals surface area contributed by atoms with E-state index < -0.39 is 10.4 Å². The number of likely N-dealkylation sites (N-methyl/N-ethyl adjacent to an activating group) is 2. The number of para-hydroxylation sites is 1. The van der Waals surface area contributed by atoms with Gasteiger partial charge in [-0.1, -0.05) is 24.8 Å². The Morgan fingerprint density at radius 2 is 1.81 bits per heavy atom. The van der Waals surface area contributed by atoms with Gasteiger partial charge in [-0.3, -0.25) is 13.9 Å². The molecule has 4 N–H and O–H groups in total. The molecule has 0 aliphatic heterocycles. The Bertz CT molecular complexity index is 1660. The standard InChI is InChI=1S/C28H33N7O2.H2O4S/c1-7-27(36)30-22-16-23(26(37-6)17-25(22)34(4)15-14-33(2)3)32-28-29-13-12-21(31-28)20-18-35(5)24-11-9-8-10-19(20)24;1-5(2,3)4/h7-13,16-18H,1,14-15H2,2-6H3,(H,30,36)(H,29,31,32);(H2,1,2,3,4). The minimum atomic E-state index is -4.67. The van der Waals surface area contributed by atoms with E-state index in [1.54, 1.807) is 13.3 Å². The minimum Gasteiger partial charge on any atom is -0.494 e. The van der Waals surface area contributed by atoms with Crippen LogP contribution in [-0.2, 0) is 22.2 Å². The summed E-state index contributed by atoms with van der Waals surface area (Å²) in [7, 11) is 4.99. The zero-order valence-corrected chi connectivity index (χ0v) is 24.9. The van der Waals surface area contributed by atoms with Crippen LogP contribution in [0.2, 0.25) is 0 Å². The Morgan fingerprint density at radius 1 is 1.12 bits per heavy atom. The van der Waals surface area contributed by atoms with E-state index in [1.165, 1.54) is 6.08 Å². The van der Waals surface area contributed by atoms with E-state index in [2.05, 4.69) is 54.9 Å². The number of hydrogen-bond donors (Lipinski definition) is 4. The summed E-state index contributed by atoms with van der Waals surface area (Å²) >= 11 is 0. The van der Waals surface area contributed by atoms with Crippen LogP contribution in [0.1, 0.15) is 0 Å².